The minimum absolute atomic E-state index is 0.653. The van der Waals surface area contributed by atoms with Crippen molar-refractivity contribution in [3.63, 3.8) is 0 Å². The van der Waals surface area contributed by atoms with Gasteiger partial charge in [0.25, 0.3) is 0 Å². The molecule has 1 aromatic carbocycles. The summed E-state index contributed by atoms with van der Waals surface area (Å²) in [5.41, 5.74) is 2.24. The van der Waals surface area contributed by atoms with E-state index in [-0.39, 0.29) is 0 Å². The first kappa shape index (κ1) is 9.84. The van der Waals surface area contributed by atoms with Gasteiger partial charge in [-0.25, -0.2) is 0 Å². The summed E-state index contributed by atoms with van der Waals surface area (Å²) in [4.78, 5) is 0. The van der Waals surface area contributed by atoms with Crippen molar-refractivity contribution < 1.29 is 4.74 Å². The lowest BCUT2D eigenvalue weighted by Gasteiger charge is -2.07. The highest BCUT2D eigenvalue weighted by Crippen LogP contribution is 2.23. The third-order valence-corrected chi connectivity index (χ3v) is 2.56. The Kier molecular flexibility index (Phi) is 2.50. The van der Waals surface area contributed by atoms with Gasteiger partial charge in [-0.05, 0) is 19.1 Å². The van der Waals surface area contributed by atoms with Crippen LogP contribution in [0.5, 0.6) is 0 Å². The molecule has 0 unspecified atom stereocenters. The molecule has 2 heteroatoms. The Hall–Kier alpha value is -1.70. The Morgan fingerprint density at radius 2 is 2.13 bits per heavy atom. The number of para-hydroxylation sites is 1. The summed E-state index contributed by atoms with van der Waals surface area (Å²) in [6.45, 7) is 6.55. The van der Waals surface area contributed by atoms with E-state index < -0.39 is 0 Å². The van der Waals surface area contributed by atoms with Crippen molar-refractivity contribution in [3.05, 3.63) is 42.6 Å². The van der Waals surface area contributed by atoms with Crippen LogP contribution in [0.15, 0.2) is 36.9 Å². The number of aromatic nitrogens is 1. The van der Waals surface area contributed by atoms with Crippen LogP contribution >= 0.6 is 0 Å². The van der Waals surface area contributed by atoms with E-state index >= 15 is 0 Å². The third-order valence-electron chi connectivity index (χ3n) is 2.56. The average molecular weight is 201 g/mol. The molecule has 2 rings (SSSR count). The van der Waals surface area contributed by atoms with Crippen molar-refractivity contribution in [1.82, 2.24) is 4.57 Å². The molecule has 0 saturated heterocycles. The Labute approximate surface area is 89.8 Å². The Morgan fingerprint density at radius 3 is 2.80 bits per heavy atom. The Balaban J connectivity index is 2.53. The fourth-order valence-corrected chi connectivity index (χ4v) is 1.80. The number of hydrogen-bond acceptors (Lipinski definition) is 1. The maximum absolute atomic E-state index is 5.42. The molecule has 2 aromatic rings. The maximum atomic E-state index is 5.42. The van der Waals surface area contributed by atoms with Crippen molar-refractivity contribution in [3.8, 4) is 0 Å². The summed E-state index contributed by atoms with van der Waals surface area (Å²) in [5, 5.41) is 1.22. The number of fused-ring (bicyclic) bond motifs is 1. The van der Waals surface area contributed by atoms with Crippen molar-refractivity contribution in [2.24, 2.45) is 7.05 Å². The highest BCUT2D eigenvalue weighted by atomic mass is 16.5. The quantitative estimate of drug-likeness (QED) is 0.696. The molecule has 0 aliphatic heterocycles. The van der Waals surface area contributed by atoms with Crippen molar-refractivity contribution in [2.75, 3.05) is 6.61 Å². The predicted molar refractivity (Wildman–Crippen MR) is 63.6 cm³/mol. The lowest BCUT2D eigenvalue weighted by atomic mass is 10.2. The molecular weight excluding hydrogens is 186 g/mol. The molecule has 15 heavy (non-hydrogen) atoms. The van der Waals surface area contributed by atoms with Gasteiger partial charge in [-0.15, -0.1) is 0 Å². The largest absolute Gasteiger partial charge is 0.492 e. The van der Waals surface area contributed by atoms with E-state index in [1.165, 1.54) is 10.9 Å². The van der Waals surface area contributed by atoms with Crippen molar-refractivity contribution in [1.29, 1.82) is 0 Å². The molecule has 0 spiro atoms. The first-order chi connectivity index (χ1) is 7.24. The summed E-state index contributed by atoms with van der Waals surface area (Å²) in [6.07, 6.45) is 0. The van der Waals surface area contributed by atoms with Crippen LogP contribution in [0.1, 0.15) is 12.6 Å². The Bertz CT molecular complexity index is 496. The molecule has 0 atom stereocenters. The molecule has 0 amide bonds. The van der Waals surface area contributed by atoms with Gasteiger partial charge in [-0.3, -0.25) is 0 Å². The number of aryl methyl sites for hydroxylation is 1. The number of ether oxygens (including phenoxy) is 1. The van der Waals surface area contributed by atoms with Crippen molar-refractivity contribution in [2.45, 2.75) is 6.92 Å². The second-order valence-corrected chi connectivity index (χ2v) is 3.50. The van der Waals surface area contributed by atoms with Gasteiger partial charge in [0, 0.05) is 18.0 Å². The van der Waals surface area contributed by atoms with Crippen LogP contribution in [0.2, 0.25) is 0 Å². The van der Waals surface area contributed by atoms with E-state index in [0.717, 1.165) is 11.5 Å². The van der Waals surface area contributed by atoms with Gasteiger partial charge in [0.05, 0.1) is 12.3 Å². The minimum atomic E-state index is 0.653. The first-order valence-corrected chi connectivity index (χ1v) is 5.10. The molecule has 1 aromatic heterocycles. The lowest BCUT2D eigenvalue weighted by molar-refractivity contribution is 0.297. The van der Waals surface area contributed by atoms with Gasteiger partial charge in [-0.2, -0.15) is 0 Å². The summed E-state index contributed by atoms with van der Waals surface area (Å²) in [6, 6.07) is 10.4. The van der Waals surface area contributed by atoms with E-state index in [9.17, 15) is 0 Å². The molecule has 0 saturated carbocycles. The predicted octanol–water partition coefficient (Wildman–Crippen LogP) is 3.19. The van der Waals surface area contributed by atoms with Crippen molar-refractivity contribution >= 4 is 16.7 Å². The lowest BCUT2D eigenvalue weighted by Crippen LogP contribution is -1.97. The molecule has 0 bridgehead atoms. The van der Waals surface area contributed by atoms with Gasteiger partial charge < -0.3 is 9.30 Å². The molecule has 78 valence electrons. The van der Waals surface area contributed by atoms with Crippen LogP contribution in [-0.2, 0) is 11.8 Å². The smallest absolute Gasteiger partial charge is 0.135 e. The van der Waals surface area contributed by atoms with E-state index in [2.05, 4.69) is 29.3 Å². The molecule has 2 nitrogen and oxygen atoms in total. The zero-order chi connectivity index (χ0) is 10.8. The zero-order valence-corrected chi connectivity index (χ0v) is 9.16. The number of rotatable bonds is 3. The third kappa shape index (κ3) is 1.63. The van der Waals surface area contributed by atoms with Gasteiger partial charge in [0.1, 0.15) is 5.76 Å². The zero-order valence-electron chi connectivity index (χ0n) is 9.16. The summed E-state index contributed by atoms with van der Waals surface area (Å²) >= 11 is 0. The summed E-state index contributed by atoms with van der Waals surface area (Å²) in [7, 11) is 2.03. The number of hydrogen-bond donors (Lipinski definition) is 0. The van der Waals surface area contributed by atoms with Crippen LogP contribution in [0.25, 0.3) is 16.7 Å². The minimum Gasteiger partial charge on any atom is -0.492 e. The van der Waals surface area contributed by atoms with Crippen LogP contribution in [0.4, 0.5) is 0 Å². The molecule has 0 radical (unpaired) electrons. The molecule has 0 aliphatic carbocycles. The molecule has 0 aliphatic rings. The van der Waals surface area contributed by atoms with Crippen LogP contribution in [0.3, 0.4) is 0 Å². The van der Waals surface area contributed by atoms with E-state index in [1.54, 1.807) is 0 Å². The number of nitrogens with zero attached hydrogens (tertiary/aromatic N) is 1. The topological polar surface area (TPSA) is 14.2 Å². The average Bonchev–Trinajstić information content (AvgIpc) is 2.57. The van der Waals surface area contributed by atoms with Gasteiger partial charge in [0.15, 0.2) is 0 Å². The molecule has 0 fully saturated rings. The van der Waals surface area contributed by atoms with Gasteiger partial charge in [0.2, 0.25) is 0 Å². The highest BCUT2D eigenvalue weighted by molar-refractivity contribution is 5.84. The molecule has 0 N–H and O–H groups in total. The molecular formula is C13H15NO. The normalized spacial score (nSPS) is 10.5. The fourth-order valence-electron chi connectivity index (χ4n) is 1.80. The number of benzene rings is 1. The van der Waals surface area contributed by atoms with Crippen LogP contribution in [-0.4, -0.2) is 11.2 Å². The maximum Gasteiger partial charge on any atom is 0.135 e. The monoisotopic (exact) mass is 201 g/mol. The second kappa shape index (κ2) is 3.81. The summed E-state index contributed by atoms with van der Waals surface area (Å²) in [5.74, 6) is 0.733. The van der Waals surface area contributed by atoms with E-state index in [4.69, 9.17) is 4.74 Å². The van der Waals surface area contributed by atoms with Crippen LogP contribution in [0, 0.1) is 0 Å². The standard InChI is InChI=1S/C13H15NO/c1-4-15-10(2)13-9-11-7-5-6-8-12(11)14(13)3/h5-9H,2,4H2,1,3H3. The van der Waals surface area contributed by atoms with E-state index in [0.29, 0.717) is 6.61 Å². The van der Waals surface area contributed by atoms with E-state index in [1.807, 2.05) is 26.1 Å². The first-order valence-electron chi connectivity index (χ1n) is 5.10. The second-order valence-electron chi connectivity index (χ2n) is 3.50. The Morgan fingerprint density at radius 1 is 1.40 bits per heavy atom. The van der Waals surface area contributed by atoms with Gasteiger partial charge in [-0.1, -0.05) is 24.8 Å². The van der Waals surface area contributed by atoms with Crippen LogP contribution < -0.4 is 0 Å². The fraction of sp³-hybridized carbons (Fsp3) is 0.231. The highest BCUT2D eigenvalue weighted by Gasteiger charge is 2.08. The summed E-state index contributed by atoms with van der Waals surface area (Å²) < 4.78 is 7.53. The molecule has 1 heterocycles. The van der Waals surface area contributed by atoms with Gasteiger partial charge >= 0.3 is 0 Å². The SMILES string of the molecule is C=C(OCC)c1cc2ccccc2n1C.